The lowest BCUT2D eigenvalue weighted by molar-refractivity contribution is 0.401. The van der Waals surface area contributed by atoms with Crippen LogP contribution in [0.1, 0.15) is 29.7 Å². The Kier molecular flexibility index (Phi) is 5.56. The smallest absolute Gasteiger partial charge is 0.266 e. The number of aromatic amines is 1. The van der Waals surface area contributed by atoms with Gasteiger partial charge < -0.3 is 19.3 Å². The minimum atomic E-state index is -3.99. The number of rotatable bonds is 7. The zero-order chi connectivity index (χ0) is 23.9. The van der Waals surface area contributed by atoms with Crippen LogP contribution in [0.3, 0.4) is 0 Å². The predicted molar refractivity (Wildman–Crippen MR) is 128 cm³/mol. The topological polar surface area (TPSA) is 131 Å². The summed E-state index contributed by atoms with van der Waals surface area (Å²) in [7, 11) is -1.00. The molecule has 3 N–H and O–H groups in total. The number of aryl methyl sites for hydroxylation is 3. The first-order valence-corrected chi connectivity index (χ1v) is 12.4. The van der Waals surface area contributed by atoms with E-state index in [1.54, 1.807) is 18.2 Å². The van der Waals surface area contributed by atoms with E-state index in [1.165, 1.54) is 14.2 Å². The van der Waals surface area contributed by atoms with E-state index in [-0.39, 0.29) is 10.7 Å². The molecular weight excluding hydrogens is 458 g/mol. The van der Waals surface area contributed by atoms with Crippen molar-refractivity contribution in [1.29, 1.82) is 0 Å². The summed E-state index contributed by atoms with van der Waals surface area (Å²) in [6.07, 6.45) is 3.89. The average molecular weight is 484 g/mol. The first-order valence-electron chi connectivity index (χ1n) is 10.9. The lowest BCUT2D eigenvalue weighted by Gasteiger charge is -2.19. The molecule has 2 aromatic heterocycles. The molecule has 34 heavy (non-hydrogen) atoms. The molecule has 0 unspecified atom stereocenters. The van der Waals surface area contributed by atoms with Crippen molar-refractivity contribution < 1.29 is 22.4 Å². The quantitative estimate of drug-likeness (QED) is 0.355. The monoisotopic (exact) mass is 483 g/mol. The summed E-state index contributed by atoms with van der Waals surface area (Å²) in [5.74, 6) is 1.45. The summed E-state index contributed by atoms with van der Waals surface area (Å²) < 4.78 is 45.6. The van der Waals surface area contributed by atoms with Gasteiger partial charge in [-0.2, -0.15) is 5.10 Å². The van der Waals surface area contributed by atoms with Gasteiger partial charge in [0.2, 0.25) is 0 Å². The number of H-pyrrole nitrogens is 1. The first kappa shape index (κ1) is 22.1. The Labute approximate surface area is 196 Å². The second-order valence-corrected chi connectivity index (χ2v) is 9.88. The summed E-state index contributed by atoms with van der Waals surface area (Å²) in [4.78, 5) is 0.0750. The molecule has 1 aliphatic carbocycles. The number of ether oxygens (including phenoxy) is 2. The zero-order valence-electron chi connectivity index (χ0n) is 19.1. The summed E-state index contributed by atoms with van der Waals surface area (Å²) in [6.45, 7) is 1.89. The maximum atomic E-state index is 13.3. The Balaban J connectivity index is 1.50. The van der Waals surface area contributed by atoms with Crippen molar-refractivity contribution in [3.8, 4) is 11.5 Å². The molecule has 0 fully saturated rings. The van der Waals surface area contributed by atoms with E-state index in [0.717, 1.165) is 42.5 Å². The van der Waals surface area contributed by atoms with Crippen molar-refractivity contribution in [1.82, 2.24) is 15.4 Å². The van der Waals surface area contributed by atoms with Crippen molar-refractivity contribution in [2.75, 3.05) is 24.3 Å². The number of anilines is 3. The Bertz CT molecular complexity index is 1470. The van der Waals surface area contributed by atoms with Gasteiger partial charge in [0.1, 0.15) is 16.4 Å². The third-order valence-corrected chi connectivity index (χ3v) is 7.27. The van der Waals surface area contributed by atoms with Crippen molar-refractivity contribution in [2.45, 2.75) is 37.5 Å². The van der Waals surface area contributed by atoms with Crippen LogP contribution in [-0.4, -0.2) is 38.0 Å². The van der Waals surface area contributed by atoms with Crippen LogP contribution in [0.15, 0.2) is 39.8 Å². The summed E-state index contributed by atoms with van der Waals surface area (Å²) >= 11 is 0. The SMILES string of the molecule is COc1cc2c(NS(=O)(=O)c3cc4c(cc3OC)CCCC4)noc2cc1Nc1cc(C)[nH]n1. The second kappa shape index (κ2) is 8.56. The van der Waals surface area contributed by atoms with Gasteiger partial charge in [0.25, 0.3) is 10.0 Å². The second-order valence-electron chi connectivity index (χ2n) is 8.23. The summed E-state index contributed by atoms with van der Waals surface area (Å²) in [5, 5.41) is 14.6. The number of nitrogens with one attached hydrogen (secondary N) is 3. The van der Waals surface area contributed by atoms with Gasteiger partial charge in [-0.05, 0) is 61.9 Å². The molecule has 11 heteroatoms. The first-order chi connectivity index (χ1) is 16.4. The van der Waals surface area contributed by atoms with Crippen molar-refractivity contribution in [3.05, 3.63) is 47.2 Å². The van der Waals surface area contributed by atoms with E-state index >= 15 is 0 Å². The van der Waals surface area contributed by atoms with E-state index in [2.05, 4.69) is 25.4 Å². The molecule has 5 rings (SSSR count). The third kappa shape index (κ3) is 4.03. The largest absolute Gasteiger partial charge is 0.495 e. The van der Waals surface area contributed by atoms with Crippen molar-refractivity contribution >= 4 is 38.3 Å². The van der Waals surface area contributed by atoms with Crippen molar-refractivity contribution in [3.63, 3.8) is 0 Å². The van der Waals surface area contributed by atoms with Crippen LogP contribution < -0.4 is 19.5 Å². The molecule has 2 aromatic carbocycles. The Morgan fingerprint density at radius 3 is 2.41 bits per heavy atom. The van der Waals surface area contributed by atoms with E-state index in [4.69, 9.17) is 14.0 Å². The molecule has 0 aliphatic heterocycles. The highest BCUT2D eigenvalue weighted by molar-refractivity contribution is 7.92. The number of hydrogen-bond acceptors (Lipinski definition) is 8. The molecule has 0 amide bonds. The number of hydrogen-bond donors (Lipinski definition) is 3. The van der Waals surface area contributed by atoms with Gasteiger partial charge in [-0.3, -0.25) is 9.82 Å². The molecule has 0 saturated carbocycles. The minimum absolute atomic E-state index is 0.0650. The van der Waals surface area contributed by atoms with Crippen LogP contribution in [0.2, 0.25) is 0 Å². The maximum absolute atomic E-state index is 13.3. The average Bonchev–Trinajstić information content (AvgIpc) is 3.42. The van der Waals surface area contributed by atoms with Crippen LogP contribution in [0.5, 0.6) is 11.5 Å². The highest BCUT2D eigenvalue weighted by atomic mass is 32.2. The molecule has 0 radical (unpaired) electrons. The standard InChI is InChI=1S/C23H25N5O5S/c1-13-8-22(26-25-13)24-17-12-18-16(11-19(17)31-2)23(27-33-18)28-34(29,30)21-10-15-7-5-4-6-14(15)9-20(21)32-3/h8-12H,4-7H2,1-3H3,(H,27,28)(H2,24,25,26). The van der Waals surface area contributed by atoms with E-state index < -0.39 is 10.0 Å². The molecular formula is C23H25N5O5S. The Hall–Kier alpha value is -3.73. The number of aromatic nitrogens is 3. The van der Waals surface area contributed by atoms with Gasteiger partial charge in [0, 0.05) is 17.8 Å². The van der Waals surface area contributed by atoms with Gasteiger partial charge in [-0.1, -0.05) is 5.16 Å². The summed E-state index contributed by atoms with van der Waals surface area (Å²) in [6, 6.07) is 8.71. The lowest BCUT2D eigenvalue weighted by atomic mass is 9.92. The van der Waals surface area contributed by atoms with E-state index in [1.807, 2.05) is 19.1 Å². The zero-order valence-corrected chi connectivity index (χ0v) is 19.9. The van der Waals surface area contributed by atoms with E-state index in [0.29, 0.717) is 34.0 Å². The normalized spacial score (nSPS) is 13.5. The van der Waals surface area contributed by atoms with Gasteiger partial charge >= 0.3 is 0 Å². The summed E-state index contributed by atoms with van der Waals surface area (Å²) in [5.41, 5.74) is 4.04. The molecule has 4 aromatic rings. The fraction of sp³-hybridized carbons (Fsp3) is 0.304. The molecule has 1 aliphatic rings. The Morgan fingerprint density at radius 2 is 1.74 bits per heavy atom. The van der Waals surface area contributed by atoms with Crippen LogP contribution in [-0.2, 0) is 22.9 Å². The molecule has 0 bridgehead atoms. The lowest BCUT2D eigenvalue weighted by Crippen LogP contribution is -2.16. The van der Waals surface area contributed by atoms with Crippen LogP contribution in [0.4, 0.5) is 17.3 Å². The molecule has 2 heterocycles. The number of fused-ring (bicyclic) bond motifs is 2. The highest BCUT2D eigenvalue weighted by Crippen LogP contribution is 2.37. The highest BCUT2D eigenvalue weighted by Gasteiger charge is 2.26. The number of benzene rings is 2. The predicted octanol–water partition coefficient (Wildman–Crippen LogP) is 4.30. The van der Waals surface area contributed by atoms with Crippen LogP contribution >= 0.6 is 0 Å². The minimum Gasteiger partial charge on any atom is -0.495 e. The van der Waals surface area contributed by atoms with Gasteiger partial charge in [-0.25, -0.2) is 8.42 Å². The Morgan fingerprint density at radius 1 is 1.00 bits per heavy atom. The van der Waals surface area contributed by atoms with E-state index in [9.17, 15) is 8.42 Å². The van der Waals surface area contributed by atoms with Gasteiger partial charge in [0.15, 0.2) is 17.2 Å². The van der Waals surface area contributed by atoms with Crippen LogP contribution in [0.25, 0.3) is 11.0 Å². The fourth-order valence-corrected chi connectivity index (χ4v) is 5.43. The van der Waals surface area contributed by atoms with Gasteiger partial charge in [0.05, 0.1) is 25.3 Å². The van der Waals surface area contributed by atoms with Crippen molar-refractivity contribution in [2.24, 2.45) is 0 Å². The molecule has 0 atom stereocenters. The molecule has 0 spiro atoms. The third-order valence-electron chi connectivity index (χ3n) is 5.91. The van der Waals surface area contributed by atoms with Crippen LogP contribution in [0, 0.1) is 6.92 Å². The number of sulfonamides is 1. The van der Waals surface area contributed by atoms with Gasteiger partial charge in [-0.15, -0.1) is 0 Å². The maximum Gasteiger partial charge on any atom is 0.266 e. The number of methoxy groups -OCH3 is 2. The number of nitrogens with zero attached hydrogens (tertiary/aromatic N) is 2. The fourth-order valence-electron chi connectivity index (χ4n) is 4.22. The molecule has 0 saturated heterocycles. The molecule has 10 nitrogen and oxygen atoms in total. The molecule has 178 valence electrons.